The zero-order valence-corrected chi connectivity index (χ0v) is 12.0. The smallest absolute Gasteiger partial charge is 0.240 e. The standard InChI is InChI=1S/C11H15BrN2O3S/c12-9-4-3-8(5-10(9)13)18(16,17)14-6-11(15)7-1-2-7/h3-5,7,11,14-15H,1-2,6,13H2. The van der Waals surface area contributed by atoms with Crippen molar-refractivity contribution in [3.63, 3.8) is 0 Å². The molecule has 2 rings (SSSR count). The number of sulfonamides is 1. The third-order valence-corrected chi connectivity index (χ3v) is 5.07. The molecule has 18 heavy (non-hydrogen) atoms. The molecule has 4 N–H and O–H groups in total. The Morgan fingerprint density at radius 1 is 1.50 bits per heavy atom. The van der Waals surface area contributed by atoms with Crippen LogP contribution in [-0.2, 0) is 10.0 Å². The van der Waals surface area contributed by atoms with Gasteiger partial charge in [-0.05, 0) is 52.9 Å². The van der Waals surface area contributed by atoms with Gasteiger partial charge in [0.15, 0.2) is 0 Å². The highest BCUT2D eigenvalue weighted by atomic mass is 79.9. The molecule has 1 aliphatic carbocycles. The third-order valence-electron chi connectivity index (χ3n) is 2.93. The molecule has 0 radical (unpaired) electrons. The topological polar surface area (TPSA) is 92.4 Å². The first-order valence-corrected chi connectivity index (χ1v) is 7.90. The number of aliphatic hydroxyl groups excluding tert-OH is 1. The van der Waals surface area contributed by atoms with E-state index in [2.05, 4.69) is 20.7 Å². The van der Waals surface area contributed by atoms with Gasteiger partial charge in [0.25, 0.3) is 0 Å². The van der Waals surface area contributed by atoms with Gasteiger partial charge in [0.05, 0.1) is 11.0 Å². The Kier molecular flexibility index (Phi) is 3.96. The number of anilines is 1. The molecule has 0 heterocycles. The van der Waals surface area contributed by atoms with Gasteiger partial charge < -0.3 is 10.8 Å². The summed E-state index contributed by atoms with van der Waals surface area (Å²) in [5.41, 5.74) is 6.00. The first-order valence-electron chi connectivity index (χ1n) is 5.63. The van der Waals surface area contributed by atoms with Crippen molar-refractivity contribution in [1.29, 1.82) is 0 Å². The minimum atomic E-state index is -3.61. The monoisotopic (exact) mass is 334 g/mol. The van der Waals surface area contributed by atoms with Crippen molar-refractivity contribution in [1.82, 2.24) is 4.72 Å². The Morgan fingerprint density at radius 3 is 2.72 bits per heavy atom. The molecular formula is C11H15BrN2O3S. The fourth-order valence-electron chi connectivity index (χ4n) is 1.62. The molecule has 0 aromatic heterocycles. The minimum Gasteiger partial charge on any atom is -0.398 e. The van der Waals surface area contributed by atoms with Crippen molar-refractivity contribution in [3.8, 4) is 0 Å². The summed E-state index contributed by atoms with van der Waals surface area (Å²) in [6.07, 6.45) is 1.33. The highest BCUT2D eigenvalue weighted by Crippen LogP contribution is 2.32. The molecule has 0 saturated heterocycles. The largest absolute Gasteiger partial charge is 0.398 e. The Bertz CT molecular complexity index is 543. The number of aliphatic hydroxyl groups is 1. The predicted molar refractivity (Wildman–Crippen MR) is 72.5 cm³/mol. The van der Waals surface area contributed by atoms with E-state index in [4.69, 9.17) is 5.73 Å². The van der Waals surface area contributed by atoms with Crippen molar-refractivity contribution in [2.24, 2.45) is 5.92 Å². The summed E-state index contributed by atoms with van der Waals surface area (Å²) < 4.78 is 26.9. The molecule has 0 aliphatic heterocycles. The molecule has 0 amide bonds. The van der Waals surface area contributed by atoms with Gasteiger partial charge in [-0.25, -0.2) is 13.1 Å². The molecule has 1 aromatic rings. The molecule has 100 valence electrons. The lowest BCUT2D eigenvalue weighted by Crippen LogP contribution is -2.33. The lowest BCUT2D eigenvalue weighted by Gasteiger charge is -2.11. The molecule has 0 bridgehead atoms. The number of nitrogen functional groups attached to an aromatic ring is 1. The molecule has 0 spiro atoms. The summed E-state index contributed by atoms with van der Waals surface area (Å²) in [7, 11) is -3.61. The molecule has 1 saturated carbocycles. The molecular weight excluding hydrogens is 320 g/mol. The average Bonchev–Trinajstić information content (AvgIpc) is 3.13. The van der Waals surface area contributed by atoms with Crippen molar-refractivity contribution in [2.45, 2.75) is 23.8 Å². The van der Waals surface area contributed by atoms with E-state index in [1.807, 2.05) is 0 Å². The Labute approximate surface area is 115 Å². The Hall–Kier alpha value is -0.630. The lowest BCUT2D eigenvalue weighted by molar-refractivity contribution is 0.155. The summed E-state index contributed by atoms with van der Waals surface area (Å²) >= 11 is 3.21. The summed E-state index contributed by atoms with van der Waals surface area (Å²) in [6.45, 7) is 0.0446. The third kappa shape index (κ3) is 3.23. The number of nitrogens with two attached hydrogens (primary N) is 1. The van der Waals surface area contributed by atoms with Crippen LogP contribution in [0.5, 0.6) is 0 Å². The molecule has 1 unspecified atom stereocenters. The van der Waals surface area contributed by atoms with Crippen molar-refractivity contribution < 1.29 is 13.5 Å². The van der Waals surface area contributed by atoms with E-state index in [0.29, 0.717) is 10.2 Å². The van der Waals surface area contributed by atoms with Crippen LogP contribution in [0.4, 0.5) is 5.69 Å². The molecule has 7 heteroatoms. The SMILES string of the molecule is Nc1cc(S(=O)(=O)NCC(O)C2CC2)ccc1Br. The number of hydrogen-bond acceptors (Lipinski definition) is 4. The first kappa shape index (κ1) is 13.8. The number of hydrogen-bond donors (Lipinski definition) is 3. The zero-order valence-electron chi connectivity index (χ0n) is 9.64. The maximum atomic E-state index is 12.0. The number of benzene rings is 1. The Balaban J connectivity index is 2.07. The molecule has 1 fully saturated rings. The second-order valence-electron chi connectivity index (χ2n) is 4.44. The molecule has 1 atom stereocenters. The average molecular weight is 335 g/mol. The fourth-order valence-corrected chi connectivity index (χ4v) is 2.95. The van der Waals surface area contributed by atoms with Gasteiger partial charge in [0, 0.05) is 16.7 Å². The van der Waals surface area contributed by atoms with E-state index >= 15 is 0 Å². The maximum Gasteiger partial charge on any atom is 0.240 e. The van der Waals surface area contributed by atoms with E-state index in [0.717, 1.165) is 12.8 Å². The van der Waals surface area contributed by atoms with Gasteiger partial charge in [0.2, 0.25) is 10.0 Å². The van der Waals surface area contributed by atoms with E-state index in [1.165, 1.54) is 12.1 Å². The van der Waals surface area contributed by atoms with Gasteiger partial charge in [-0.15, -0.1) is 0 Å². The summed E-state index contributed by atoms with van der Waals surface area (Å²) in [5, 5.41) is 9.64. The van der Waals surface area contributed by atoms with Gasteiger partial charge >= 0.3 is 0 Å². The number of nitrogens with one attached hydrogen (secondary N) is 1. The highest BCUT2D eigenvalue weighted by molar-refractivity contribution is 9.10. The quantitative estimate of drug-likeness (QED) is 0.702. The van der Waals surface area contributed by atoms with E-state index in [9.17, 15) is 13.5 Å². The molecule has 1 aliphatic rings. The normalized spacial score (nSPS) is 17.7. The van der Waals surface area contributed by atoms with E-state index in [-0.39, 0.29) is 17.4 Å². The van der Waals surface area contributed by atoms with Crippen molar-refractivity contribution in [2.75, 3.05) is 12.3 Å². The number of halogens is 1. The van der Waals surface area contributed by atoms with E-state index < -0.39 is 16.1 Å². The minimum absolute atomic E-state index is 0.0446. The van der Waals surface area contributed by atoms with Crippen LogP contribution in [0, 0.1) is 5.92 Å². The van der Waals surface area contributed by atoms with Gasteiger partial charge in [-0.3, -0.25) is 0 Å². The van der Waals surface area contributed by atoms with Gasteiger partial charge in [-0.1, -0.05) is 0 Å². The van der Waals surface area contributed by atoms with Crippen LogP contribution in [0.2, 0.25) is 0 Å². The first-order chi connectivity index (χ1) is 8.40. The van der Waals surface area contributed by atoms with Gasteiger partial charge in [0.1, 0.15) is 0 Å². The number of rotatable bonds is 5. The summed E-state index contributed by atoms with van der Waals surface area (Å²) in [5.74, 6) is 0.239. The van der Waals surface area contributed by atoms with Crippen LogP contribution in [0.25, 0.3) is 0 Å². The van der Waals surface area contributed by atoms with Crippen LogP contribution in [0.3, 0.4) is 0 Å². The summed E-state index contributed by atoms with van der Waals surface area (Å²) in [4.78, 5) is 0.103. The molecule has 5 nitrogen and oxygen atoms in total. The van der Waals surface area contributed by atoms with Crippen LogP contribution in [-0.4, -0.2) is 26.2 Å². The predicted octanol–water partition coefficient (Wildman–Crippen LogP) is 1.08. The van der Waals surface area contributed by atoms with E-state index in [1.54, 1.807) is 6.07 Å². The molecule has 1 aromatic carbocycles. The van der Waals surface area contributed by atoms with Crippen LogP contribution in [0.1, 0.15) is 12.8 Å². The summed E-state index contributed by atoms with van der Waals surface area (Å²) in [6, 6.07) is 4.43. The van der Waals surface area contributed by atoms with Gasteiger partial charge in [-0.2, -0.15) is 0 Å². The van der Waals surface area contributed by atoms with Crippen molar-refractivity contribution in [3.05, 3.63) is 22.7 Å². The van der Waals surface area contributed by atoms with Crippen molar-refractivity contribution >= 4 is 31.6 Å². The van der Waals surface area contributed by atoms with Crippen LogP contribution >= 0.6 is 15.9 Å². The maximum absolute atomic E-state index is 12.0. The second-order valence-corrected chi connectivity index (χ2v) is 7.06. The zero-order chi connectivity index (χ0) is 13.3. The fraction of sp³-hybridized carbons (Fsp3) is 0.455. The second kappa shape index (κ2) is 5.16. The highest BCUT2D eigenvalue weighted by Gasteiger charge is 2.30. The van der Waals surface area contributed by atoms with Crippen LogP contribution < -0.4 is 10.5 Å². The Morgan fingerprint density at radius 2 is 2.17 bits per heavy atom. The lowest BCUT2D eigenvalue weighted by atomic mass is 10.2. The van der Waals surface area contributed by atoms with Crippen LogP contribution in [0.15, 0.2) is 27.6 Å².